The van der Waals surface area contributed by atoms with Crippen LogP contribution in [0.4, 0.5) is 0 Å². The maximum Gasteiger partial charge on any atom is 0.0938 e. The summed E-state index contributed by atoms with van der Waals surface area (Å²) in [5, 5.41) is 0. The highest BCUT2D eigenvalue weighted by atomic mass is 14.9. The average Bonchev–Trinajstić information content (AvgIpc) is 1.77. The van der Waals surface area contributed by atoms with Crippen molar-refractivity contribution in [2.75, 3.05) is 6.54 Å². The molecule has 1 atom stereocenters. The van der Waals surface area contributed by atoms with Crippen molar-refractivity contribution in [3.8, 4) is 0 Å². The van der Waals surface area contributed by atoms with Gasteiger partial charge in [-0.25, -0.2) is 0 Å². The van der Waals surface area contributed by atoms with Crippen LogP contribution in [0.25, 0.3) is 0 Å². The van der Waals surface area contributed by atoms with Crippen LogP contribution in [0.2, 0.25) is 0 Å². The fourth-order valence-electron chi connectivity index (χ4n) is 0.738. The highest BCUT2D eigenvalue weighted by Gasteiger charge is 2.07. The van der Waals surface area contributed by atoms with Gasteiger partial charge in [0.2, 0.25) is 0 Å². The number of hydrogen-bond acceptors (Lipinski definition) is 3. The molecule has 0 saturated carbocycles. The molecule has 4 N–H and O–H groups in total. The molecule has 0 bridgehead atoms. The molecule has 1 rings (SSSR count). The summed E-state index contributed by atoms with van der Waals surface area (Å²) in [4.78, 5) is 3.98. The van der Waals surface area contributed by atoms with Gasteiger partial charge in [0.15, 0.2) is 0 Å². The van der Waals surface area contributed by atoms with Gasteiger partial charge in [0.25, 0.3) is 0 Å². The van der Waals surface area contributed by atoms with Crippen molar-refractivity contribution in [1.29, 1.82) is 0 Å². The molecule has 0 radical (unpaired) electrons. The number of hydrogen-bond donors (Lipinski definition) is 2. The molecule has 0 amide bonds. The summed E-state index contributed by atoms with van der Waals surface area (Å²) in [6.07, 6.45) is 1.87. The zero-order valence-electron chi connectivity index (χ0n) is 4.80. The van der Waals surface area contributed by atoms with Crippen LogP contribution < -0.4 is 11.5 Å². The fraction of sp³-hybridized carbons (Fsp3) is 0.800. The maximum atomic E-state index is 5.53. The van der Waals surface area contributed by atoms with E-state index in [-0.39, 0.29) is 6.04 Å². The molecule has 3 heteroatoms. The summed E-state index contributed by atoms with van der Waals surface area (Å²) in [6, 6.07) is 0.252. The van der Waals surface area contributed by atoms with Gasteiger partial charge in [-0.05, 0) is 6.42 Å². The van der Waals surface area contributed by atoms with Crippen LogP contribution in [0.1, 0.15) is 12.8 Å². The first-order chi connectivity index (χ1) is 3.79. The third-order valence-corrected chi connectivity index (χ3v) is 1.30. The largest absolute Gasteiger partial charge is 0.387 e. The van der Waals surface area contributed by atoms with Crippen LogP contribution in [-0.2, 0) is 0 Å². The number of nitrogens with two attached hydrogens (primary N) is 2. The van der Waals surface area contributed by atoms with Crippen LogP contribution >= 0.6 is 0 Å². The van der Waals surface area contributed by atoms with Gasteiger partial charge in [0.1, 0.15) is 0 Å². The summed E-state index contributed by atoms with van der Waals surface area (Å²) < 4.78 is 0. The molecule has 0 saturated heterocycles. The lowest BCUT2D eigenvalue weighted by Gasteiger charge is -2.13. The fourth-order valence-corrected chi connectivity index (χ4v) is 0.738. The Morgan fingerprint density at radius 2 is 2.38 bits per heavy atom. The Morgan fingerprint density at radius 1 is 1.62 bits per heavy atom. The second-order valence-corrected chi connectivity index (χ2v) is 2.13. The summed E-state index contributed by atoms with van der Waals surface area (Å²) in [7, 11) is 0. The van der Waals surface area contributed by atoms with Crippen LogP contribution in [0, 0.1) is 0 Å². The lowest BCUT2D eigenvalue weighted by molar-refractivity contribution is 0.613. The van der Waals surface area contributed by atoms with E-state index in [1.807, 2.05) is 0 Å². The molecule has 0 spiro atoms. The summed E-state index contributed by atoms with van der Waals surface area (Å²) >= 11 is 0. The van der Waals surface area contributed by atoms with Crippen molar-refractivity contribution >= 4 is 5.84 Å². The van der Waals surface area contributed by atoms with Crippen molar-refractivity contribution in [1.82, 2.24) is 0 Å². The van der Waals surface area contributed by atoms with E-state index in [9.17, 15) is 0 Å². The number of nitrogens with zero attached hydrogens (tertiary/aromatic N) is 1. The smallest absolute Gasteiger partial charge is 0.0938 e. The molecule has 0 aromatic heterocycles. The normalized spacial score (nSPS) is 29.6. The molecule has 0 fully saturated rings. The minimum atomic E-state index is 0.252. The van der Waals surface area contributed by atoms with Crippen molar-refractivity contribution < 1.29 is 0 Å². The van der Waals surface area contributed by atoms with Gasteiger partial charge >= 0.3 is 0 Å². The van der Waals surface area contributed by atoms with Gasteiger partial charge < -0.3 is 11.5 Å². The first kappa shape index (κ1) is 5.56. The van der Waals surface area contributed by atoms with Crippen molar-refractivity contribution in [3.63, 3.8) is 0 Å². The third-order valence-electron chi connectivity index (χ3n) is 1.30. The predicted octanol–water partition coefficient (Wildman–Crippen LogP) is -0.535. The molecule has 0 aromatic carbocycles. The van der Waals surface area contributed by atoms with E-state index in [2.05, 4.69) is 4.99 Å². The zero-order chi connectivity index (χ0) is 5.98. The van der Waals surface area contributed by atoms with E-state index >= 15 is 0 Å². The molecule has 1 aliphatic rings. The van der Waals surface area contributed by atoms with Crippen LogP contribution in [0.15, 0.2) is 4.99 Å². The summed E-state index contributed by atoms with van der Waals surface area (Å²) in [6.45, 7) is 0.714. The molecule has 1 heterocycles. The van der Waals surface area contributed by atoms with Gasteiger partial charge in [-0.1, -0.05) is 0 Å². The standard InChI is InChI=1S/C5H11N3/c6-4-1-2-5(7)8-3-4/h4H,1-3,6H2,(H2,7,8). The molecule has 0 aliphatic carbocycles. The van der Waals surface area contributed by atoms with E-state index in [0.717, 1.165) is 18.7 Å². The lowest BCUT2D eigenvalue weighted by Crippen LogP contribution is -2.31. The summed E-state index contributed by atoms with van der Waals surface area (Å²) in [5.74, 6) is 0.756. The average molecular weight is 113 g/mol. The molecule has 0 aromatic rings. The van der Waals surface area contributed by atoms with Gasteiger partial charge in [-0.15, -0.1) is 0 Å². The number of aliphatic imine (C=N–C) groups is 1. The molecule has 1 aliphatic heterocycles. The second kappa shape index (κ2) is 2.13. The minimum absolute atomic E-state index is 0.252. The van der Waals surface area contributed by atoms with Crippen molar-refractivity contribution in [2.24, 2.45) is 16.5 Å². The van der Waals surface area contributed by atoms with E-state index in [1.165, 1.54) is 0 Å². The van der Waals surface area contributed by atoms with Crippen molar-refractivity contribution in [3.05, 3.63) is 0 Å². The first-order valence-corrected chi connectivity index (χ1v) is 2.83. The van der Waals surface area contributed by atoms with Crippen LogP contribution in [-0.4, -0.2) is 18.4 Å². The molecular formula is C5H11N3. The minimum Gasteiger partial charge on any atom is -0.387 e. The van der Waals surface area contributed by atoms with Crippen LogP contribution in [0.5, 0.6) is 0 Å². The Kier molecular flexibility index (Phi) is 1.48. The van der Waals surface area contributed by atoms with Gasteiger partial charge in [0, 0.05) is 12.5 Å². The lowest BCUT2D eigenvalue weighted by atomic mass is 10.1. The van der Waals surface area contributed by atoms with Crippen molar-refractivity contribution in [2.45, 2.75) is 18.9 Å². The van der Waals surface area contributed by atoms with Gasteiger partial charge in [0.05, 0.1) is 12.4 Å². The van der Waals surface area contributed by atoms with E-state index in [0.29, 0.717) is 6.54 Å². The first-order valence-electron chi connectivity index (χ1n) is 2.83. The quantitative estimate of drug-likeness (QED) is 0.443. The second-order valence-electron chi connectivity index (χ2n) is 2.13. The van der Waals surface area contributed by atoms with Gasteiger partial charge in [-0.2, -0.15) is 0 Å². The number of rotatable bonds is 0. The molecule has 8 heavy (non-hydrogen) atoms. The molecule has 1 unspecified atom stereocenters. The van der Waals surface area contributed by atoms with Crippen LogP contribution in [0.3, 0.4) is 0 Å². The topological polar surface area (TPSA) is 64.4 Å². The Balaban J connectivity index is 2.42. The number of amidine groups is 1. The summed E-state index contributed by atoms with van der Waals surface area (Å²) in [5.41, 5.74) is 10.9. The molecule has 46 valence electrons. The Labute approximate surface area is 48.8 Å². The SMILES string of the molecule is NC1=NCC(N)CC1. The highest BCUT2D eigenvalue weighted by Crippen LogP contribution is 2.00. The molecule has 3 nitrogen and oxygen atoms in total. The third kappa shape index (κ3) is 1.20. The Morgan fingerprint density at radius 3 is 2.75 bits per heavy atom. The molecular weight excluding hydrogens is 102 g/mol. The zero-order valence-corrected chi connectivity index (χ0v) is 4.80. The Bertz CT molecular complexity index is 108. The van der Waals surface area contributed by atoms with Gasteiger partial charge in [-0.3, -0.25) is 4.99 Å². The highest BCUT2D eigenvalue weighted by molar-refractivity contribution is 5.80. The Hall–Kier alpha value is -0.570. The van der Waals surface area contributed by atoms with E-state index in [1.54, 1.807) is 0 Å². The van der Waals surface area contributed by atoms with E-state index < -0.39 is 0 Å². The maximum absolute atomic E-state index is 5.53. The predicted molar refractivity (Wildman–Crippen MR) is 33.7 cm³/mol. The monoisotopic (exact) mass is 113 g/mol. The van der Waals surface area contributed by atoms with E-state index in [4.69, 9.17) is 11.5 Å².